The lowest BCUT2D eigenvalue weighted by Crippen LogP contribution is -2.29. The molecule has 1 aromatic heterocycles. The Labute approximate surface area is 142 Å². The van der Waals surface area contributed by atoms with Crippen molar-refractivity contribution in [3.05, 3.63) is 35.3 Å². The third-order valence-corrected chi connectivity index (χ3v) is 5.01. The van der Waals surface area contributed by atoms with E-state index >= 15 is 0 Å². The molecule has 0 unspecified atom stereocenters. The van der Waals surface area contributed by atoms with Gasteiger partial charge in [0.05, 0.1) is 5.69 Å². The van der Waals surface area contributed by atoms with E-state index in [9.17, 15) is 0 Å². The minimum atomic E-state index is 0.974. The van der Waals surface area contributed by atoms with Crippen molar-refractivity contribution in [2.75, 3.05) is 36.4 Å². The van der Waals surface area contributed by atoms with Crippen molar-refractivity contribution < 1.29 is 0 Å². The van der Waals surface area contributed by atoms with E-state index in [0.717, 1.165) is 36.0 Å². The molecular formula is C18H26N4S. The maximum Gasteiger partial charge on any atom is 0.187 e. The van der Waals surface area contributed by atoms with Crippen LogP contribution in [0.15, 0.2) is 29.6 Å². The van der Waals surface area contributed by atoms with Gasteiger partial charge in [0.2, 0.25) is 0 Å². The largest absolute Gasteiger partial charge is 0.372 e. The summed E-state index contributed by atoms with van der Waals surface area (Å²) in [5.74, 6) is 0. The minimum Gasteiger partial charge on any atom is -0.372 e. The lowest BCUT2D eigenvalue weighted by molar-refractivity contribution is 0.578. The molecule has 0 amide bonds. The predicted octanol–water partition coefficient (Wildman–Crippen LogP) is 4.03. The summed E-state index contributed by atoms with van der Waals surface area (Å²) in [5, 5.41) is 9.86. The van der Waals surface area contributed by atoms with Gasteiger partial charge < -0.3 is 15.5 Å². The molecule has 4 nitrogen and oxygen atoms in total. The van der Waals surface area contributed by atoms with Gasteiger partial charge in [0.25, 0.3) is 0 Å². The highest BCUT2D eigenvalue weighted by atomic mass is 32.1. The summed E-state index contributed by atoms with van der Waals surface area (Å²) in [7, 11) is 0. The lowest BCUT2D eigenvalue weighted by Gasteiger charge is -2.28. The molecule has 0 radical (unpaired) electrons. The van der Waals surface area contributed by atoms with E-state index in [-0.39, 0.29) is 0 Å². The van der Waals surface area contributed by atoms with Crippen LogP contribution in [0.2, 0.25) is 0 Å². The molecule has 2 aromatic rings. The Balaban J connectivity index is 1.55. The van der Waals surface area contributed by atoms with E-state index in [1.54, 1.807) is 11.3 Å². The Hall–Kier alpha value is -1.59. The molecular weight excluding hydrogens is 304 g/mol. The van der Waals surface area contributed by atoms with Gasteiger partial charge in [-0.3, -0.25) is 0 Å². The van der Waals surface area contributed by atoms with Crippen LogP contribution in [0.4, 0.5) is 16.5 Å². The van der Waals surface area contributed by atoms with Gasteiger partial charge in [-0.25, -0.2) is 4.98 Å². The molecule has 2 N–H and O–H groups in total. The molecule has 1 fully saturated rings. The van der Waals surface area contributed by atoms with Crippen LogP contribution in [-0.2, 0) is 6.42 Å². The molecule has 1 saturated heterocycles. The van der Waals surface area contributed by atoms with E-state index in [1.807, 2.05) is 0 Å². The molecule has 1 aliphatic rings. The summed E-state index contributed by atoms with van der Waals surface area (Å²) >= 11 is 1.67. The van der Waals surface area contributed by atoms with Crippen molar-refractivity contribution in [3.63, 3.8) is 0 Å². The smallest absolute Gasteiger partial charge is 0.187 e. The number of nitrogens with zero attached hydrogens (tertiary/aromatic N) is 2. The van der Waals surface area contributed by atoms with Gasteiger partial charge >= 0.3 is 0 Å². The van der Waals surface area contributed by atoms with Gasteiger partial charge in [-0.1, -0.05) is 6.92 Å². The van der Waals surface area contributed by atoms with E-state index in [1.165, 1.54) is 38.0 Å². The minimum absolute atomic E-state index is 0.974. The number of aromatic nitrogens is 1. The van der Waals surface area contributed by atoms with Crippen molar-refractivity contribution >= 4 is 27.8 Å². The average molecular weight is 331 g/mol. The van der Waals surface area contributed by atoms with Crippen LogP contribution < -0.4 is 15.5 Å². The highest BCUT2D eigenvalue weighted by Crippen LogP contribution is 2.25. The Bertz CT molecular complexity index is 587. The van der Waals surface area contributed by atoms with Gasteiger partial charge in [0.1, 0.15) is 0 Å². The number of benzene rings is 1. The second-order valence-corrected chi connectivity index (χ2v) is 6.83. The predicted molar refractivity (Wildman–Crippen MR) is 100 cm³/mol. The summed E-state index contributed by atoms with van der Waals surface area (Å²) in [4.78, 5) is 7.13. The van der Waals surface area contributed by atoms with E-state index < -0.39 is 0 Å². The van der Waals surface area contributed by atoms with Crippen molar-refractivity contribution in [3.8, 4) is 0 Å². The Morgan fingerprint density at radius 1 is 1.13 bits per heavy atom. The molecule has 3 rings (SSSR count). The Kier molecular flexibility index (Phi) is 5.88. The van der Waals surface area contributed by atoms with Crippen LogP contribution in [0.5, 0.6) is 0 Å². The number of rotatable bonds is 7. The van der Waals surface area contributed by atoms with E-state index in [2.05, 4.69) is 57.1 Å². The SMILES string of the molecule is CCNCCc1csc(Nc2ccc(N3CCCCC3)cc2)n1. The van der Waals surface area contributed by atoms with Gasteiger partial charge in [0.15, 0.2) is 5.13 Å². The maximum atomic E-state index is 4.65. The van der Waals surface area contributed by atoms with E-state index in [0.29, 0.717) is 0 Å². The zero-order valence-electron chi connectivity index (χ0n) is 13.8. The molecule has 0 bridgehead atoms. The lowest BCUT2D eigenvalue weighted by atomic mass is 10.1. The summed E-state index contributed by atoms with van der Waals surface area (Å²) < 4.78 is 0. The number of piperidine rings is 1. The molecule has 0 saturated carbocycles. The van der Waals surface area contributed by atoms with Crippen molar-refractivity contribution in [2.45, 2.75) is 32.6 Å². The van der Waals surface area contributed by atoms with Gasteiger partial charge in [-0.05, 0) is 50.1 Å². The molecule has 0 atom stereocenters. The molecule has 1 aliphatic heterocycles. The highest BCUT2D eigenvalue weighted by molar-refractivity contribution is 7.13. The fourth-order valence-corrected chi connectivity index (χ4v) is 3.67. The molecule has 1 aromatic carbocycles. The zero-order chi connectivity index (χ0) is 15.9. The highest BCUT2D eigenvalue weighted by Gasteiger charge is 2.10. The zero-order valence-corrected chi connectivity index (χ0v) is 14.7. The quantitative estimate of drug-likeness (QED) is 0.752. The van der Waals surface area contributed by atoms with Crippen LogP contribution in [0.25, 0.3) is 0 Å². The molecule has 2 heterocycles. The van der Waals surface area contributed by atoms with E-state index in [4.69, 9.17) is 0 Å². The van der Waals surface area contributed by atoms with Crippen LogP contribution >= 0.6 is 11.3 Å². The Morgan fingerprint density at radius 3 is 2.65 bits per heavy atom. The number of thiazole rings is 1. The first kappa shape index (κ1) is 16.3. The number of anilines is 3. The standard InChI is InChI=1S/C18H26N4S/c1-2-19-11-10-16-14-23-18(21-16)20-15-6-8-17(9-7-15)22-12-4-3-5-13-22/h6-9,14,19H,2-5,10-13H2,1H3,(H,20,21). The number of nitrogens with one attached hydrogen (secondary N) is 2. The number of likely N-dealkylation sites (N-methyl/N-ethyl adjacent to an activating group) is 1. The molecule has 5 heteroatoms. The normalized spacial score (nSPS) is 14.9. The second-order valence-electron chi connectivity index (χ2n) is 5.97. The maximum absolute atomic E-state index is 4.65. The van der Waals surface area contributed by atoms with Crippen LogP contribution in [0.1, 0.15) is 31.9 Å². The summed E-state index contributed by atoms with van der Waals surface area (Å²) in [6.07, 6.45) is 4.99. The molecule has 124 valence electrons. The third-order valence-electron chi connectivity index (χ3n) is 4.20. The van der Waals surface area contributed by atoms with Gasteiger partial charge in [-0.15, -0.1) is 11.3 Å². The Morgan fingerprint density at radius 2 is 1.91 bits per heavy atom. The van der Waals surface area contributed by atoms with Crippen LogP contribution in [0, 0.1) is 0 Å². The van der Waals surface area contributed by atoms with Crippen LogP contribution in [-0.4, -0.2) is 31.2 Å². The fraction of sp³-hybridized carbons (Fsp3) is 0.500. The topological polar surface area (TPSA) is 40.2 Å². The van der Waals surface area contributed by atoms with Crippen molar-refractivity contribution in [2.24, 2.45) is 0 Å². The van der Waals surface area contributed by atoms with Crippen molar-refractivity contribution in [1.29, 1.82) is 0 Å². The van der Waals surface area contributed by atoms with Crippen molar-refractivity contribution in [1.82, 2.24) is 10.3 Å². The first-order valence-corrected chi connectivity index (χ1v) is 9.50. The molecule has 0 aliphatic carbocycles. The fourth-order valence-electron chi connectivity index (χ4n) is 2.90. The van der Waals surface area contributed by atoms with Gasteiger partial charge in [0, 0.05) is 42.8 Å². The monoisotopic (exact) mass is 330 g/mol. The average Bonchev–Trinajstić information content (AvgIpc) is 3.04. The third kappa shape index (κ3) is 4.69. The number of hydrogen-bond acceptors (Lipinski definition) is 5. The first-order chi connectivity index (χ1) is 11.3. The number of hydrogen-bond donors (Lipinski definition) is 2. The summed E-state index contributed by atoms with van der Waals surface area (Å²) in [6.45, 7) is 6.51. The summed E-state index contributed by atoms with van der Waals surface area (Å²) in [6, 6.07) is 8.74. The first-order valence-electron chi connectivity index (χ1n) is 8.62. The van der Waals surface area contributed by atoms with Crippen LogP contribution in [0.3, 0.4) is 0 Å². The second kappa shape index (κ2) is 8.31. The molecule has 23 heavy (non-hydrogen) atoms. The molecule has 0 spiro atoms. The summed E-state index contributed by atoms with van der Waals surface area (Å²) in [5.41, 5.74) is 3.60. The van der Waals surface area contributed by atoms with Gasteiger partial charge in [-0.2, -0.15) is 0 Å².